The molecule has 0 bridgehead atoms. The standard InChI is InChI=1S/C23H30N2O2/c26-23(24-15-10-18-25-16-8-1-2-9-17-25)19-27-22-14-7-6-13-21(22)20-11-4-3-5-12-20/h3-7,11-14H,1-2,8-10,15-19H2,(H,24,26). The predicted molar refractivity (Wildman–Crippen MR) is 110 cm³/mol. The molecule has 1 amide bonds. The number of ether oxygens (including phenoxy) is 1. The van der Waals surface area contributed by atoms with Crippen LogP contribution < -0.4 is 10.1 Å². The highest BCUT2D eigenvalue weighted by atomic mass is 16.5. The van der Waals surface area contributed by atoms with Gasteiger partial charge in [0.2, 0.25) is 0 Å². The van der Waals surface area contributed by atoms with Gasteiger partial charge in [0.15, 0.2) is 6.61 Å². The first-order chi connectivity index (χ1) is 13.3. The van der Waals surface area contributed by atoms with Gasteiger partial charge in [-0.1, -0.05) is 61.4 Å². The number of likely N-dealkylation sites (tertiary alicyclic amines) is 1. The van der Waals surface area contributed by atoms with Crippen molar-refractivity contribution >= 4 is 5.91 Å². The van der Waals surface area contributed by atoms with E-state index < -0.39 is 0 Å². The molecular formula is C23H30N2O2. The van der Waals surface area contributed by atoms with Gasteiger partial charge in [-0.25, -0.2) is 0 Å². The Morgan fingerprint density at radius 2 is 1.63 bits per heavy atom. The number of benzene rings is 2. The summed E-state index contributed by atoms with van der Waals surface area (Å²) in [6, 6.07) is 17.9. The molecule has 1 fully saturated rings. The largest absolute Gasteiger partial charge is 0.483 e. The van der Waals surface area contributed by atoms with E-state index in [1.807, 2.05) is 54.6 Å². The van der Waals surface area contributed by atoms with Crippen LogP contribution in [0.1, 0.15) is 32.1 Å². The van der Waals surface area contributed by atoms with Crippen molar-refractivity contribution in [1.29, 1.82) is 0 Å². The lowest BCUT2D eigenvalue weighted by molar-refractivity contribution is -0.123. The second-order valence-electron chi connectivity index (χ2n) is 7.11. The summed E-state index contributed by atoms with van der Waals surface area (Å²) in [6.07, 6.45) is 6.32. The first-order valence-corrected chi connectivity index (χ1v) is 10.1. The maximum atomic E-state index is 12.1. The van der Waals surface area contributed by atoms with Gasteiger partial charge in [0.25, 0.3) is 5.91 Å². The van der Waals surface area contributed by atoms with Crippen molar-refractivity contribution in [2.75, 3.05) is 32.8 Å². The van der Waals surface area contributed by atoms with E-state index in [0.29, 0.717) is 6.54 Å². The van der Waals surface area contributed by atoms with Crippen molar-refractivity contribution in [3.8, 4) is 16.9 Å². The maximum Gasteiger partial charge on any atom is 0.257 e. The monoisotopic (exact) mass is 366 g/mol. The first kappa shape index (κ1) is 19.4. The van der Waals surface area contributed by atoms with Crippen molar-refractivity contribution in [2.45, 2.75) is 32.1 Å². The summed E-state index contributed by atoms with van der Waals surface area (Å²) in [5, 5.41) is 2.98. The van der Waals surface area contributed by atoms with Crippen LogP contribution in [-0.2, 0) is 4.79 Å². The molecule has 0 saturated carbocycles. The molecule has 27 heavy (non-hydrogen) atoms. The van der Waals surface area contributed by atoms with Crippen LogP contribution in [0.3, 0.4) is 0 Å². The zero-order valence-corrected chi connectivity index (χ0v) is 16.0. The summed E-state index contributed by atoms with van der Waals surface area (Å²) in [7, 11) is 0. The third-order valence-corrected chi connectivity index (χ3v) is 5.00. The Bertz CT molecular complexity index is 695. The van der Waals surface area contributed by atoms with Crippen molar-refractivity contribution in [3.63, 3.8) is 0 Å². The highest BCUT2D eigenvalue weighted by Gasteiger charge is 2.10. The van der Waals surface area contributed by atoms with Crippen LogP contribution in [0.5, 0.6) is 5.75 Å². The summed E-state index contributed by atoms with van der Waals surface area (Å²) < 4.78 is 5.79. The Morgan fingerprint density at radius 1 is 0.926 bits per heavy atom. The summed E-state index contributed by atoms with van der Waals surface area (Å²) in [6.45, 7) is 4.23. The molecule has 0 aromatic heterocycles. The summed E-state index contributed by atoms with van der Waals surface area (Å²) in [4.78, 5) is 14.6. The van der Waals surface area contributed by atoms with Crippen molar-refractivity contribution in [2.24, 2.45) is 0 Å². The average Bonchev–Trinajstić information content (AvgIpc) is 2.99. The summed E-state index contributed by atoms with van der Waals surface area (Å²) >= 11 is 0. The van der Waals surface area contributed by atoms with E-state index >= 15 is 0 Å². The molecule has 0 unspecified atom stereocenters. The molecule has 0 spiro atoms. The van der Waals surface area contributed by atoms with Crippen LogP contribution in [0.25, 0.3) is 11.1 Å². The zero-order chi connectivity index (χ0) is 18.7. The number of nitrogens with one attached hydrogen (secondary N) is 1. The van der Waals surface area contributed by atoms with Crippen molar-refractivity contribution in [1.82, 2.24) is 10.2 Å². The number of carbonyl (C=O) groups excluding carboxylic acids is 1. The van der Waals surface area contributed by atoms with Gasteiger partial charge < -0.3 is 15.0 Å². The number of hydrogen-bond acceptors (Lipinski definition) is 3. The molecule has 3 rings (SSSR count). The molecule has 0 radical (unpaired) electrons. The Balaban J connectivity index is 1.41. The SMILES string of the molecule is O=C(COc1ccccc1-c1ccccc1)NCCCN1CCCCCC1. The number of nitrogens with zero attached hydrogens (tertiary/aromatic N) is 1. The maximum absolute atomic E-state index is 12.1. The van der Waals surface area contributed by atoms with E-state index in [1.54, 1.807) is 0 Å². The Morgan fingerprint density at radius 3 is 2.41 bits per heavy atom. The minimum atomic E-state index is -0.0614. The van der Waals surface area contributed by atoms with E-state index in [9.17, 15) is 4.79 Å². The molecule has 2 aromatic carbocycles. The molecule has 1 N–H and O–H groups in total. The zero-order valence-electron chi connectivity index (χ0n) is 16.0. The van der Waals surface area contributed by atoms with Crippen LogP contribution >= 0.6 is 0 Å². The Hall–Kier alpha value is -2.33. The normalized spacial score (nSPS) is 15.1. The second kappa shape index (κ2) is 10.7. The molecule has 0 aliphatic carbocycles. The Kier molecular flexibility index (Phi) is 7.72. The van der Waals surface area contributed by atoms with Gasteiger partial charge in [0, 0.05) is 12.1 Å². The molecule has 1 saturated heterocycles. The molecule has 2 aromatic rings. The van der Waals surface area contributed by atoms with Crippen LogP contribution in [0.4, 0.5) is 0 Å². The number of rotatable bonds is 8. The molecule has 144 valence electrons. The topological polar surface area (TPSA) is 41.6 Å². The van der Waals surface area contributed by atoms with E-state index in [0.717, 1.165) is 29.8 Å². The van der Waals surface area contributed by atoms with E-state index in [4.69, 9.17) is 4.74 Å². The van der Waals surface area contributed by atoms with Gasteiger partial charge in [-0.05, 0) is 50.5 Å². The third-order valence-electron chi connectivity index (χ3n) is 5.00. The summed E-state index contributed by atoms with van der Waals surface area (Å²) in [5.41, 5.74) is 2.10. The second-order valence-corrected chi connectivity index (χ2v) is 7.11. The fourth-order valence-corrected chi connectivity index (χ4v) is 3.53. The average molecular weight is 367 g/mol. The highest BCUT2D eigenvalue weighted by molar-refractivity contribution is 5.78. The minimum Gasteiger partial charge on any atom is -0.483 e. The lowest BCUT2D eigenvalue weighted by Crippen LogP contribution is -2.33. The number of amides is 1. The van der Waals surface area contributed by atoms with Crippen LogP contribution in [0.15, 0.2) is 54.6 Å². The number of hydrogen-bond donors (Lipinski definition) is 1. The van der Waals surface area contributed by atoms with Gasteiger partial charge in [0.1, 0.15) is 5.75 Å². The Labute approximate surface area is 162 Å². The molecular weight excluding hydrogens is 336 g/mol. The number of para-hydroxylation sites is 1. The quantitative estimate of drug-likeness (QED) is 0.715. The minimum absolute atomic E-state index is 0.0492. The van der Waals surface area contributed by atoms with Gasteiger partial charge >= 0.3 is 0 Å². The molecule has 4 heteroatoms. The van der Waals surface area contributed by atoms with Gasteiger partial charge in [-0.3, -0.25) is 4.79 Å². The third kappa shape index (κ3) is 6.40. The van der Waals surface area contributed by atoms with Crippen LogP contribution in [-0.4, -0.2) is 43.6 Å². The van der Waals surface area contributed by atoms with E-state index in [2.05, 4.69) is 10.2 Å². The van der Waals surface area contributed by atoms with Gasteiger partial charge in [0.05, 0.1) is 0 Å². The lowest BCUT2D eigenvalue weighted by atomic mass is 10.1. The van der Waals surface area contributed by atoms with Crippen LogP contribution in [0.2, 0.25) is 0 Å². The molecule has 1 aliphatic rings. The van der Waals surface area contributed by atoms with Crippen molar-refractivity contribution in [3.05, 3.63) is 54.6 Å². The number of carbonyl (C=O) groups is 1. The lowest BCUT2D eigenvalue weighted by Gasteiger charge is -2.19. The first-order valence-electron chi connectivity index (χ1n) is 10.1. The molecule has 4 nitrogen and oxygen atoms in total. The van der Waals surface area contributed by atoms with E-state index in [1.165, 1.54) is 38.8 Å². The fraction of sp³-hybridized carbons (Fsp3) is 0.435. The molecule has 0 atom stereocenters. The van der Waals surface area contributed by atoms with E-state index in [-0.39, 0.29) is 12.5 Å². The van der Waals surface area contributed by atoms with Crippen LogP contribution in [0, 0.1) is 0 Å². The molecule has 1 aliphatic heterocycles. The smallest absolute Gasteiger partial charge is 0.257 e. The highest BCUT2D eigenvalue weighted by Crippen LogP contribution is 2.29. The fourth-order valence-electron chi connectivity index (χ4n) is 3.53. The summed E-state index contributed by atoms with van der Waals surface area (Å²) in [5.74, 6) is 0.678. The molecule has 1 heterocycles. The van der Waals surface area contributed by atoms with Gasteiger partial charge in [-0.15, -0.1) is 0 Å². The predicted octanol–water partition coefficient (Wildman–Crippen LogP) is 4.11. The van der Waals surface area contributed by atoms with Crippen molar-refractivity contribution < 1.29 is 9.53 Å². The van der Waals surface area contributed by atoms with Gasteiger partial charge in [-0.2, -0.15) is 0 Å².